The molecule has 2 aliphatic rings. The maximum atomic E-state index is 12.6. The van der Waals surface area contributed by atoms with Crippen LogP contribution in [0.5, 0.6) is 5.75 Å². The number of amides is 2. The minimum atomic E-state index is -0.256. The first-order valence-corrected chi connectivity index (χ1v) is 10.5. The highest BCUT2D eigenvalue weighted by atomic mass is 16.5. The Morgan fingerprint density at radius 3 is 2.79 bits per heavy atom. The summed E-state index contributed by atoms with van der Waals surface area (Å²) in [5, 5.41) is 2.85. The van der Waals surface area contributed by atoms with Crippen LogP contribution in [0.15, 0.2) is 18.2 Å². The number of carbonyl (C=O) groups excluding carboxylic acids is 3. The van der Waals surface area contributed by atoms with Crippen LogP contribution in [-0.2, 0) is 25.5 Å². The lowest BCUT2D eigenvalue weighted by Crippen LogP contribution is -2.35. The third-order valence-corrected chi connectivity index (χ3v) is 5.20. The molecule has 0 bridgehead atoms. The number of hydrogen-bond donors (Lipinski definition) is 1. The summed E-state index contributed by atoms with van der Waals surface area (Å²) in [6.07, 6.45) is 4.79. The second-order valence-electron chi connectivity index (χ2n) is 7.66. The predicted molar refractivity (Wildman–Crippen MR) is 109 cm³/mol. The number of nitrogens with one attached hydrogen (secondary N) is 1. The molecule has 0 unspecified atom stereocenters. The summed E-state index contributed by atoms with van der Waals surface area (Å²) < 4.78 is 10.8. The van der Waals surface area contributed by atoms with E-state index in [9.17, 15) is 14.4 Å². The van der Waals surface area contributed by atoms with Crippen LogP contribution in [0.1, 0.15) is 51.0 Å². The quantitative estimate of drug-likeness (QED) is 0.454. The maximum absolute atomic E-state index is 12.6. The molecular weight excluding hydrogens is 372 g/mol. The van der Waals surface area contributed by atoms with Crippen molar-refractivity contribution in [1.29, 1.82) is 0 Å². The molecule has 7 nitrogen and oxygen atoms in total. The number of rotatable bonds is 11. The number of benzene rings is 1. The van der Waals surface area contributed by atoms with Crippen molar-refractivity contribution in [3.63, 3.8) is 0 Å². The lowest BCUT2D eigenvalue weighted by Gasteiger charge is -2.22. The fourth-order valence-electron chi connectivity index (χ4n) is 3.41. The Morgan fingerprint density at radius 1 is 1.21 bits per heavy atom. The van der Waals surface area contributed by atoms with E-state index in [1.54, 1.807) is 11.8 Å². The normalized spacial score (nSPS) is 15.3. The molecule has 0 atom stereocenters. The van der Waals surface area contributed by atoms with Crippen molar-refractivity contribution in [2.24, 2.45) is 5.92 Å². The van der Waals surface area contributed by atoms with Gasteiger partial charge in [0.15, 0.2) is 0 Å². The Morgan fingerprint density at radius 2 is 2.03 bits per heavy atom. The first-order valence-electron chi connectivity index (χ1n) is 10.5. The van der Waals surface area contributed by atoms with Crippen LogP contribution in [0.2, 0.25) is 0 Å². The molecule has 1 aromatic carbocycles. The van der Waals surface area contributed by atoms with Crippen LogP contribution in [0.25, 0.3) is 0 Å². The topological polar surface area (TPSA) is 84.9 Å². The first kappa shape index (κ1) is 21.1. The standard InChI is InChI=1S/C22H30N2O5/c1-2-28-22(27)11-12-24(15-16-5-6-16)21(26)4-3-13-29-18-8-9-19-17(14-18)7-10-20(25)23-19/h8-9,14,16H,2-7,10-13,15H2,1H3,(H,23,25). The Hall–Kier alpha value is -2.57. The van der Waals surface area contributed by atoms with Gasteiger partial charge in [-0.1, -0.05) is 0 Å². The largest absolute Gasteiger partial charge is 0.494 e. The molecule has 0 radical (unpaired) electrons. The van der Waals surface area contributed by atoms with Gasteiger partial charge in [-0.2, -0.15) is 0 Å². The molecule has 3 rings (SSSR count). The van der Waals surface area contributed by atoms with Crippen LogP contribution >= 0.6 is 0 Å². The highest BCUT2D eigenvalue weighted by Crippen LogP contribution is 2.30. The van der Waals surface area contributed by atoms with Crippen LogP contribution in [0.4, 0.5) is 5.69 Å². The molecule has 1 fully saturated rings. The third-order valence-electron chi connectivity index (χ3n) is 5.20. The van der Waals surface area contributed by atoms with E-state index in [2.05, 4.69) is 5.32 Å². The number of nitrogens with zero attached hydrogens (tertiary/aromatic N) is 1. The van der Waals surface area contributed by atoms with E-state index >= 15 is 0 Å². The van der Waals surface area contributed by atoms with Crippen molar-refractivity contribution < 1.29 is 23.9 Å². The summed E-state index contributed by atoms with van der Waals surface area (Å²) in [6, 6.07) is 5.65. The number of esters is 1. The number of anilines is 1. The molecule has 0 aromatic heterocycles. The zero-order chi connectivity index (χ0) is 20.6. The lowest BCUT2D eigenvalue weighted by atomic mass is 10.0. The number of aryl methyl sites for hydroxylation is 1. The van der Waals surface area contributed by atoms with Gasteiger partial charge in [-0.15, -0.1) is 0 Å². The molecule has 1 N–H and O–H groups in total. The number of hydrogen-bond acceptors (Lipinski definition) is 5. The number of fused-ring (bicyclic) bond motifs is 1. The van der Waals surface area contributed by atoms with E-state index in [0.29, 0.717) is 51.4 Å². The highest BCUT2D eigenvalue weighted by molar-refractivity contribution is 5.94. The average Bonchev–Trinajstić information content (AvgIpc) is 3.52. The van der Waals surface area contributed by atoms with Crippen molar-refractivity contribution in [1.82, 2.24) is 4.90 Å². The summed E-state index contributed by atoms with van der Waals surface area (Å²) in [7, 11) is 0. The third kappa shape index (κ3) is 6.76. The Bertz CT molecular complexity index is 745. The monoisotopic (exact) mass is 402 g/mol. The van der Waals surface area contributed by atoms with Crippen molar-refractivity contribution in [3.8, 4) is 5.75 Å². The van der Waals surface area contributed by atoms with Crippen molar-refractivity contribution in [3.05, 3.63) is 23.8 Å². The Balaban J connectivity index is 1.41. The van der Waals surface area contributed by atoms with Crippen LogP contribution in [0.3, 0.4) is 0 Å². The van der Waals surface area contributed by atoms with Gasteiger partial charge in [-0.3, -0.25) is 14.4 Å². The fraction of sp³-hybridized carbons (Fsp3) is 0.591. The Labute approximate surface area is 171 Å². The molecule has 1 aliphatic heterocycles. The molecular formula is C22H30N2O5. The van der Waals surface area contributed by atoms with E-state index in [1.165, 1.54) is 0 Å². The highest BCUT2D eigenvalue weighted by Gasteiger charge is 2.27. The molecule has 1 heterocycles. The molecule has 0 spiro atoms. The number of carbonyl (C=O) groups is 3. The molecule has 0 saturated heterocycles. The molecule has 29 heavy (non-hydrogen) atoms. The summed E-state index contributed by atoms with van der Waals surface area (Å²) in [6.45, 7) is 3.75. The predicted octanol–water partition coefficient (Wildman–Crippen LogP) is 2.92. The van der Waals surface area contributed by atoms with Crippen LogP contribution in [-0.4, -0.2) is 49.0 Å². The first-order chi connectivity index (χ1) is 14.0. The van der Waals surface area contributed by atoms with E-state index in [-0.39, 0.29) is 24.2 Å². The molecule has 2 amide bonds. The zero-order valence-electron chi connectivity index (χ0n) is 17.1. The van der Waals surface area contributed by atoms with Gasteiger partial charge < -0.3 is 19.7 Å². The van der Waals surface area contributed by atoms with Gasteiger partial charge in [0, 0.05) is 31.6 Å². The molecule has 7 heteroatoms. The molecule has 1 aromatic rings. The Kier molecular flexibility index (Phi) is 7.49. The second kappa shape index (κ2) is 10.3. The van der Waals surface area contributed by atoms with Crippen molar-refractivity contribution in [2.45, 2.75) is 51.9 Å². The minimum absolute atomic E-state index is 0.0448. The minimum Gasteiger partial charge on any atom is -0.494 e. The maximum Gasteiger partial charge on any atom is 0.307 e. The fourth-order valence-corrected chi connectivity index (χ4v) is 3.41. The number of ether oxygens (including phenoxy) is 2. The van der Waals surface area contributed by atoms with Gasteiger partial charge in [0.05, 0.1) is 19.6 Å². The van der Waals surface area contributed by atoms with Gasteiger partial charge in [0.2, 0.25) is 11.8 Å². The van der Waals surface area contributed by atoms with Crippen LogP contribution in [0, 0.1) is 5.92 Å². The lowest BCUT2D eigenvalue weighted by molar-refractivity contribution is -0.144. The summed E-state index contributed by atoms with van der Waals surface area (Å²) >= 11 is 0. The van der Waals surface area contributed by atoms with Crippen molar-refractivity contribution >= 4 is 23.5 Å². The second-order valence-corrected chi connectivity index (χ2v) is 7.66. The van der Waals surface area contributed by atoms with Crippen LogP contribution < -0.4 is 10.1 Å². The molecule has 1 aliphatic carbocycles. The van der Waals surface area contributed by atoms with E-state index in [4.69, 9.17) is 9.47 Å². The summed E-state index contributed by atoms with van der Waals surface area (Å²) in [4.78, 5) is 37.4. The van der Waals surface area contributed by atoms with E-state index < -0.39 is 0 Å². The zero-order valence-corrected chi connectivity index (χ0v) is 17.1. The van der Waals surface area contributed by atoms with Gasteiger partial charge in [0.1, 0.15) is 5.75 Å². The SMILES string of the molecule is CCOC(=O)CCN(CC1CC1)C(=O)CCCOc1ccc2c(c1)CCC(=O)N2. The summed E-state index contributed by atoms with van der Waals surface area (Å²) in [5.74, 6) is 1.19. The van der Waals surface area contributed by atoms with Gasteiger partial charge in [-0.05, 0) is 62.3 Å². The van der Waals surface area contributed by atoms with E-state index in [1.807, 2.05) is 18.2 Å². The average molecular weight is 402 g/mol. The molecule has 1 saturated carbocycles. The van der Waals surface area contributed by atoms with Gasteiger partial charge in [0.25, 0.3) is 0 Å². The van der Waals surface area contributed by atoms with E-state index in [0.717, 1.165) is 36.4 Å². The summed E-state index contributed by atoms with van der Waals surface area (Å²) in [5.41, 5.74) is 1.92. The van der Waals surface area contributed by atoms with Gasteiger partial charge in [-0.25, -0.2) is 0 Å². The van der Waals surface area contributed by atoms with Gasteiger partial charge >= 0.3 is 5.97 Å². The molecule has 158 valence electrons. The smallest absolute Gasteiger partial charge is 0.307 e. The van der Waals surface area contributed by atoms with Crippen molar-refractivity contribution in [2.75, 3.05) is 31.6 Å².